The fourth-order valence-electron chi connectivity index (χ4n) is 3.97. The summed E-state index contributed by atoms with van der Waals surface area (Å²) in [5, 5.41) is 0. The summed E-state index contributed by atoms with van der Waals surface area (Å²) in [6.07, 6.45) is 1.49. The predicted octanol–water partition coefficient (Wildman–Crippen LogP) is 3.68. The largest absolute Gasteiger partial charge is 0.496 e. The lowest BCUT2D eigenvalue weighted by Crippen LogP contribution is -2.58. The summed E-state index contributed by atoms with van der Waals surface area (Å²) in [4.78, 5) is 7.04. The van der Waals surface area contributed by atoms with Gasteiger partial charge >= 0.3 is 0 Å². The highest BCUT2D eigenvalue weighted by molar-refractivity contribution is 8.01. The van der Waals surface area contributed by atoms with E-state index >= 15 is 0 Å². The number of benzene rings is 1. The van der Waals surface area contributed by atoms with E-state index in [9.17, 15) is 0 Å². The van der Waals surface area contributed by atoms with Gasteiger partial charge in [-0.2, -0.15) is 0 Å². The van der Waals surface area contributed by atoms with Gasteiger partial charge in [0.1, 0.15) is 5.75 Å². The van der Waals surface area contributed by atoms with E-state index in [4.69, 9.17) is 9.47 Å². The molecule has 1 atom stereocenters. The fraction of sp³-hybridized carbons (Fsp3) is 0.476. The zero-order valence-electron chi connectivity index (χ0n) is 15.5. The average molecular weight is 371 g/mol. The van der Waals surface area contributed by atoms with Crippen molar-refractivity contribution in [2.45, 2.75) is 37.3 Å². The number of aryl methyl sites for hydroxylation is 1. The molecule has 1 unspecified atom stereocenters. The average Bonchev–Trinajstić information content (AvgIpc) is 3.05. The highest BCUT2D eigenvalue weighted by Gasteiger charge is 2.49. The Morgan fingerprint density at radius 3 is 2.85 bits per heavy atom. The first-order valence-corrected chi connectivity index (χ1v) is 10.2. The number of nitrogens with zero attached hydrogens (tertiary/aromatic N) is 2. The van der Waals surface area contributed by atoms with E-state index in [0.717, 1.165) is 48.9 Å². The molecule has 2 fully saturated rings. The molecule has 0 radical (unpaired) electrons. The van der Waals surface area contributed by atoms with Crippen LogP contribution < -0.4 is 4.74 Å². The molecule has 138 valence electrons. The minimum atomic E-state index is 0.343. The van der Waals surface area contributed by atoms with Crippen LogP contribution in [0.25, 0.3) is 0 Å². The molecule has 26 heavy (non-hydrogen) atoms. The minimum Gasteiger partial charge on any atom is -0.496 e. The molecule has 4 rings (SSSR count). The number of thioether (sulfide) groups is 1. The number of ether oxygens (including phenoxy) is 2. The third-order valence-electron chi connectivity index (χ3n) is 5.20. The van der Waals surface area contributed by atoms with E-state index in [1.807, 2.05) is 37.3 Å². The van der Waals surface area contributed by atoms with Crippen LogP contribution in [0.15, 0.2) is 42.5 Å². The Kier molecular flexibility index (Phi) is 5.20. The van der Waals surface area contributed by atoms with Crippen LogP contribution in [0.4, 0.5) is 0 Å². The molecule has 2 aliphatic rings. The molecule has 0 amide bonds. The van der Waals surface area contributed by atoms with Crippen molar-refractivity contribution in [2.75, 3.05) is 26.0 Å². The zero-order valence-corrected chi connectivity index (χ0v) is 16.3. The summed E-state index contributed by atoms with van der Waals surface area (Å²) in [7, 11) is 1.74. The van der Waals surface area contributed by atoms with Crippen molar-refractivity contribution in [1.82, 2.24) is 9.88 Å². The van der Waals surface area contributed by atoms with Crippen LogP contribution in [0.1, 0.15) is 23.4 Å². The molecule has 1 aromatic carbocycles. The molecular weight excluding hydrogens is 344 g/mol. The first-order chi connectivity index (χ1) is 12.7. The van der Waals surface area contributed by atoms with Crippen molar-refractivity contribution < 1.29 is 9.47 Å². The summed E-state index contributed by atoms with van der Waals surface area (Å²) >= 11 is 2.08. The maximum absolute atomic E-state index is 6.14. The van der Waals surface area contributed by atoms with Gasteiger partial charge in [0.05, 0.1) is 25.5 Å². The molecule has 5 heteroatoms. The minimum absolute atomic E-state index is 0.343. The molecule has 0 saturated carbocycles. The lowest BCUT2D eigenvalue weighted by atomic mass is 9.92. The van der Waals surface area contributed by atoms with Crippen LogP contribution in [0, 0.1) is 6.92 Å². The third-order valence-corrected chi connectivity index (χ3v) is 6.77. The first-order valence-electron chi connectivity index (χ1n) is 9.18. The maximum atomic E-state index is 6.14. The highest BCUT2D eigenvalue weighted by Crippen LogP contribution is 2.46. The van der Waals surface area contributed by atoms with Crippen molar-refractivity contribution in [3.05, 3.63) is 59.4 Å². The van der Waals surface area contributed by atoms with E-state index in [2.05, 4.69) is 33.8 Å². The topological polar surface area (TPSA) is 34.6 Å². The van der Waals surface area contributed by atoms with E-state index in [1.54, 1.807) is 7.11 Å². The van der Waals surface area contributed by atoms with E-state index in [1.165, 1.54) is 5.56 Å². The van der Waals surface area contributed by atoms with Crippen molar-refractivity contribution in [3.8, 4) is 5.75 Å². The fourth-order valence-corrected chi connectivity index (χ4v) is 5.57. The van der Waals surface area contributed by atoms with Crippen molar-refractivity contribution >= 4 is 11.8 Å². The lowest BCUT2D eigenvalue weighted by Gasteiger charge is -2.47. The van der Waals surface area contributed by atoms with Crippen LogP contribution >= 0.6 is 11.8 Å². The molecule has 4 nitrogen and oxygen atoms in total. The molecule has 2 aliphatic heterocycles. The Morgan fingerprint density at radius 1 is 1.19 bits per heavy atom. The van der Waals surface area contributed by atoms with Gasteiger partial charge in [0.15, 0.2) is 0 Å². The number of rotatable bonds is 6. The van der Waals surface area contributed by atoms with Crippen LogP contribution in [-0.2, 0) is 17.9 Å². The Hall–Kier alpha value is -1.56. The Morgan fingerprint density at radius 2 is 2.04 bits per heavy atom. The number of likely N-dealkylation sites (tertiary alicyclic amines) is 1. The van der Waals surface area contributed by atoms with E-state index in [0.29, 0.717) is 17.5 Å². The summed E-state index contributed by atoms with van der Waals surface area (Å²) < 4.78 is 12.0. The van der Waals surface area contributed by atoms with Gasteiger partial charge in [-0.3, -0.25) is 9.88 Å². The van der Waals surface area contributed by atoms with E-state index < -0.39 is 0 Å². The van der Waals surface area contributed by atoms with Crippen molar-refractivity contribution in [3.63, 3.8) is 0 Å². The number of methoxy groups -OCH3 is 1. The second kappa shape index (κ2) is 7.59. The third kappa shape index (κ3) is 3.90. The quantitative estimate of drug-likeness (QED) is 0.775. The maximum Gasteiger partial charge on any atom is 0.123 e. The molecule has 0 bridgehead atoms. The Bertz CT molecular complexity index is 761. The number of hydrogen-bond acceptors (Lipinski definition) is 5. The molecule has 2 aromatic rings. The molecule has 2 saturated heterocycles. The van der Waals surface area contributed by atoms with Gasteiger partial charge in [-0.05, 0) is 31.5 Å². The summed E-state index contributed by atoms with van der Waals surface area (Å²) in [6.45, 7) is 5.88. The van der Waals surface area contributed by atoms with Gasteiger partial charge < -0.3 is 9.47 Å². The van der Waals surface area contributed by atoms with Crippen LogP contribution in [0.5, 0.6) is 5.75 Å². The second-order valence-corrected chi connectivity index (χ2v) is 8.85. The van der Waals surface area contributed by atoms with Gasteiger partial charge in [-0.25, -0.2) is 0 Å². The smallest absolute Gasteiger partial charge is 0.123 e. The summed E-state index contributed by atoms with van der Waals surface area (Å²) in [6, 6.07) is 14.4. The first kappa shape index (κ1) is 17.8. The van der Waals surface area contributed by atoms with E-state index in [-0.39, 0.29) is 0 Å². The number of para-hydroxylation sites is 1. The number of hydrogen-bond donors (Lipinski definition) is 0. The molecule has 1 aromatic heterocycles. The molecular formula is C21H26N2O2S. The standard InChI is InChI=1S/C21H26N2O2S/c1-16-6-5-8-18(22-16)12-25-19-10-21(26-13-19)14-23(15-21)11-17-7-3-4-9-20(17)24-2/h3-9,19H,10-15H2,1-2H3. The van der Waals surface area contributed by atoms with Crippen LogP contribution in [-0.4, -0.2) is 46.7 Å². The summed E-state index contributed by atoms with van der Waals surface area (Å²) in [5.41, 5.74) is 3.35. The molecule has 0 N–H and O–H groups in total. The zero-order chi connectivity index (χ0) is 18.0. The van der Waals surface area contributed by atoms with Gasteiger partial charge in [0.25, 0.3) is 0 Å². The monoisotopic (exact) mass is 370 g/mol. The van der Waals surface area contributed by atoms with Crippen molar-refractivity contribution in [2.24, 2.45) is 0 Å². The van der Waals surface area contributed by atoms with Crippen molar-refractivity contribution in [1.29, 1.82) is 0 Å². The number of pyridine rings is 1. The Balaban J connectivity index is 1.26. The Labute approximate surface area is 159 Å². The van der Waals surface area contributed by atoms with Gasteiger partial charge in [-0.15, -0.1) is 11.8 Å². The van der Waals surface area contributed by atoms with Gasteiger partial charge in [-0.1, -0.05) is 24.3 Å². The predicted molar refractivity (Wildman–Crippen MR) is 106 cm³/mol. The van der Waals surface area contributed by atoms with Crippen LogP contribution in [0.3, 0.4) is 0 Å². The van der Waals surface area contributed by atoms with Crippen LogP contribution in [0.2, 0.25) is 0 Å². The SMILES string of the molecule is COc1ccccc1CN1CC2(CC(OCc3cccc(C)n3)CS2)C1. The normalized spacial score (nSPS) is 21.7. The molecule has 3 heterocycles. The summed E-state index contributed by atoms with van der Waals surface area (Å²) in [5.74, 6) is 2.08. The van der Waals surface area contributed by atoms with Gasteiger partial charge in [0, 0.05) is 41.4 Å². The molecule has 1 spiro atoms. The number of aromatic nitrogens is 1. The second-order valence-electron chi connectivity index (χ2n) is 7.36. The lowest BCUT2D eigenvalue weighted by molar-refractivity contribution is 0.0249. The molecule has 0 aliphatic carbocycles. The highest BCUT2D eigenvalue weighted by atomic mass is 32.2. The van der Waals surface area contributed by atoms with Gasteiger partial charge in [0.2, 0.25) is 0 Å².